The van der Waals surface area contributed by atoms with E-state index in [1.807, 2.05) is 0 Å². The zero-order chi connectivity index (χ0) is 7.15. The minimum absolute atomic E-state index is 0. The topological polar surface area (TPSA) is 178 Å². The minimum atomic E-state index is -3.13. The molecule has 0 aliphatic heterocycles. The van der Waals surface area contributed by atoms with Crippen molar-refractivity contribution in [3.8, 4) is 0 Å². The Kier molecular flexibility index (Phi) is 62.0. The van der Waals surface area contributed by atoms with Crippen LogP contribution in [-0.4, -0.2) is 78.0 Å². The molecule has 0 amide bonds. The Balaban J connectivity index is -0.0000000171. The molecule has 11 heavy (non-hydrogen) atoms. The standard InChI is InChI=1S/Na.2H2O3Si.2H2O/c;2*1-4(2)3;;/h;2*1-2H;2*1H2. The normalized spacial score (nSPS) is 4.36. The summed E-state index contributed by atoms with van der Waals surface area (Å²) in [6, 6.07) is 0. The van der Waals surface area contributed by atoms with Gasteiger partial charge in [-0.15, -0.1) is 0 Å². The Morgan fingerprint density at radius 3 is 0.727 bits per heavy atom. The third kappa shape index (κ3) is 28600. The van der Waals surface area contributed by atoms with Gasteiger partial charge in [0, 0.05) is 29.6 Å². The first kappa shape index (κ1) is 30.4. The van der Waals surface area contributed by atoms with Crippen molar-refractivity contribution in [1.29, 1.82) is 0 Å². The van der Waals surface area contributed by atoms with Gasteiger partial charge < -0.3 is 30.1 Å². The van der Waals surface area contributed by atoms with E-state index in [1.54, 1.807) is 0 Å². The van der Waals surface area contributed by atoms with Crippen molar-refractivity contribution in [1.82, 2.24) is 0 Å². The Morgan fingerprint density at radius 1 is 0.727 bits per heavy atom. The van der Waals surface area contributed by atoms with Crippen LogP contribution in [0.5, 0.6) is 0 Å². The molecule has 0 saturated carbocycles. The van der Waals surface area contributed by atoms with E-state index in [2.05, 4.69) is 0 Å². The van der Waals surface area contributed by atoms with Crippen molar-refractivity contribution < 1.29 is 39.1 Å². The van der Waals surface area contributed by atoms with Gasteiger partial charge in [0.1, 0.15) is 0 Å². The van der Waals surface area contributed by atoms with Gasteiger partial charge in [-0.2, -0.15) is 0 Å². The molecule has 65 valence electrons. The molecule has 0 aromatic rings. The second-order valence-electron chi connectivity index (χ2n) is 0.565. The fraction of sp³-hybridized carbons (Fsp3) is 0. The van der Waals surface area contributed by atoms with Crippen LogP contribution < -0.4 is 0 Å². The first-order valence-corrected chi connectivity index (χ1v) is 3.91. The van der Waals surface area contributed by atoms with Gasteiger partial charge in [0.2, 0.25) is 0 Å². The smallest absolute Gasteiger partial charge is 0.511 e. The molecule has 8 nitrogen and oxygen atoms in total. The minimum Gasteiger partial charge on any atom is -0.511 e. The first-order valence-electron chi connectivity index (χ1n) is 1.30. The summed E-state index contributed by atoms with van der Waals surface area (Å²) in [5.41, 5.74) is 0. The molecule has 8 N–H and O–H groups in total. The summed E-state index contributed by atoms with van der Waals surface area (Å²) in [6.07, 6.45) is 0. The molecule has 0 heterocycles. The Labute approximate surface area is 86.8 Å². The average molecular weight is 215 g/mol. The maximum absolute atomic E-state index is 8.74. The molecule has 0 fully saturated rings. The van der Waals surface area contributed by atoms with Crippen LogP contribution in [0.2, 0.25) is 0 Å². The van der Waals surface area contributed by atoms with Crippen molar-refractivity contribution in [3.63, 3.8) is 0 Å². The van der Waals surface area contributed by atoms with E-state index in [0.29, 0.717) is 0 Å². The summed E-state index contributed by atoms with van der Waals surface area (Å²) < 4.78 is 17.5. The van der Waals surface area contributed by atoms with Gasteiger partial charge in [-0.1, -0.05) is 0 Å². The van der Waals surface area contributed by atoms with Crippen molar-refractivity contribution >= 4 is 47.9 Å². The van der Waals surface area contributed by atoms with E-state index < -0.39 is 18.3 Å². The van der Waals surface area contributed by atoms with E-state index in [4.69, 9.17) is 28.1 Å². The van der Waals surface area contributed by atoms with Gasteiger partial charge >= 0.3 is 18.3 Å². The van der Waals surface area contributed by atoms with Gasteiger partial charge in [-0.05, 0) is 0 Å². The van der Waals surface area contributed by atoms with E-state index in [0.717, 1.165) is 0 Å². The number of hydrogen-bond acceptors (Lipinski definition) is 2. The second-order valence-corrected chi connectivity index (χ2v) is 1.70. The monoisotopic (exact) mass is 215 g/mol. The maximum atomic E-state index is 8.74. The van der Waals surface area contributed by atoms with Crippen molar-refractivity contribution in [2.45, 2.75) is 0 Å². The van der Waals surface area contributed by atoms with Crippen LogP contribution in [0.25, 0.3) is 0 Å². The summed E-state index contributed by atoms with van der Waals surface area (Å²) in [5, 5.41) is 0. The SMILES string of the molecule is O.O.O=[Si](O)O.O=[Si](O)O.[Na]. The number of hydrogen-bond donors (Lipinski definition) is 4. The molecular weight excluding hydrogens is 207 g/mol. The Morgan fingerprint density at radius 2 is 0.727 bits per heavy atom. The third-order valence-corrected chi connectivity index (χ3v) is 0. The molecule has 0 unspecified atom stereocenters. The molecule has 0 atom stereocenters. The summed E-state index contributed by atoms with van der Waals surface area (Å²) in [4.78, 5) is 28.6. The number of rotatable bonds is 0. The van der Waals surface area contributed by atoms with Gasteiger partial charge in [0.15, 0.2) is 0 Å². The quantitative estimate of drug-likeness (QED) is 0.293. The zero-order valence-corrected chi connectivity index (χ0v) is 9.61. The summed E-state index contributed by atoms with van der Waals surface area (Å²) in [6.45, 7) is 0. The molecule has 0 aromatic heterocycles. The van der Waals surface area contributed by atoms with Crippen LogP contribution in [0.15, 0.2) is 0 Å². The largest absolute Gasteiger partial charge is 0.761 e. The fourth-order valence-corrected chi connectivity index (χ4v) is 0. The van der Waals surface area contributed by atoms with Gasteiger partial charge in [-0.25, -0.2) is 0 Å². The van der Waals surface area contributed by atoms with Crippen LogP contribution in [-0.2, 0) is 8.92 Å². The van der Waals surface area contributed by atoms with Crippen molar-refractivity contribution in [2.24, 2.45) is 0 Å². The molecular formula is H8NaO8Si2. The molecule has 0 aliphatic carbocycles. The first-order chi connectivity index (χ1) is 3.46. The van der Waals surface area contributed by atoms with Crippen molar-refractivity contribution in [3.05, 3.63) is 0 Å². The predicted octanol–water partition coefficient (Wildman–Crippen LogP) is -5.26. The molecule has 1 radical (unpaired) electrons. The van der Waals surface area contributed by atoms with Crippen LogP contribution in [0.1, 0.15) is 0 Å². The van der Waals surface area contributed by atoms with Crippen LogP contribution in [0.4, 0.5) is 0 Å². The summed E-state index contributed by atoms with van der Waals surface area (Å²) >= 11 is 0. The fourth-order valence-electron chi connectivity index (χ4n) is 0. The average Bonchev–Trinajstić information content (AvgIpc) is 1.25. The van der Waals surface area contributed by atoms with E-state index >= 15 is 0 Å². The van der Waals surface area contributed by atoms with E-state index in [9.17, 15) is 0 Å². The summed E-state index contributed by atoms with van der Waals surface area (Å²) in [5.74, 6) is 0. The molecule has 11 heteroatoms. The molecule has 0 saturated heterocycles. The Hall–Kier alpha value is 0.154. The van der Waals surface area contributed by atoms with Gasteiger partial charge in [0.25, 0.3) is 0 Å². The summed E-state index contributed by atoms with van der Waals surface area (Å²) in [7, 11) is -6.26. The Bertz CT molecular complexity index is 70.1. The third-order valence-electron chi connectivity index (χ3n) is 0. The second kappa shape index (κ2) is 22.5. The zero-order valence-electron chi connectivity index (χ0n) is 5.61. The molecule has 0 aliphatic rings. The molecule has 0 bridgehead atoms. The maximum Gasteiger partial charge on any atom is 0.761 e. The van der Waals surface area contributed by atoms with Crippen LogP contribution >= 0.6 is 0 Å². The molecule has 0 spiro atoms. The van der Waals surface area contributed by atoms with Gasteiger partial charge in [0.05, 0.1) is 0 Å². The van der Waals surface area contributed by atoms with Gasteiger partial charge in [-0.3, -0.25) is 8.92 Å². The van der Waals surface area contributed by atoms with E-state index in [-0.39, 0.29) is 40.5 Å². The van der Waals surface area contributed by atoms with E-state index in [1.165, 1.54) is 0 Å². The van der Waals surface area contributed by atoms with Crippen LogP contribution in [0, 0.1) is 0 Å². The van der Waals surface area contributed by atoms with Crippen LogP contribution in [0.3, 0.4) is 0 Å². The predicted molar refractivity (Wildman–Crippen MR) is 34.7 cm³/mol. The van der Waals surface area contributed by atoms with Crippen molar-refractivity contribution in [2.75, 3.05) is 0 Å². The molecule has 0 rings (SSSR count). The molecule has 0 aromatic carbocycles.